The molecule has 3 rings (SSSR count). The summed E-state index contributed by atoms with van der Waals surface area (Å²) in [4.78, 5) is 14.0. The fourth-order valence-electron chi connectivity index (χ4n) is 2.75. The van der Waals surface area contributed by atoms with E-state index in [9.17, 15) is 9.18 Å². The summed E-state index contributed by atoms with van der Waals surface area (Å²) in [6.45, 7) is 3.08. The van der Waals surface area contributed by atoms with Crippen molar-refractivity contribution in [3.05, 3.63) is 47.1 Å². The molecule has 2 N–H and O–H groups in total. The van der Waals surface area contributed by atoms with Gasteiger partial charge in [0.15, 0.2) is 0 Å². The molecule has 1 aromatic heterocycles. The average Bonchev–Trinajstić information content (AvgIpc) is 2.98. The van der Waals surface area contributed by atoms with Crippen LogP contribution in [0.5, 0.6) is 0 Å². The number of piperidine rings is 1. The number of amides is 1. The van der Waals surface area contributed by atoms with Crippen molar-refractivity contribution in [3.63, 3.8) is 0 Å². The maximum Gasteiger partial charge on any atom is 0.261 e. The first-order valence-corrected chi connectivity index (χ1v) is 8.33. The molecule has 1 aliphatic heterocycles. The Hall–Kier alpha value is -1.43. The van der Waals surface area contributed by atoms with E-state index in [1.807, 2.05) is 12.1 Å². The maximum atomic E-state index is 13.0. The number of halogens is 2. The summed E-state index contributed by atoms with van der Waals surface area (Å²) in [6, 6.07) is 10.8. The van der Waals surface area contributed by atoms with Gasteiger partial charge in [-0.1, -0.05) is 12.1 Å². The van der Waals surface area contributed by atoms with Gasteiger partial charge in [0, 0.05) is 17.0 Å². The van der Waals surface area contributed by atoms with Crippen LogP contribution in [0, 0.1) is 5.82 Å². The Morgan fingerprint density at radius 2 is 2.00 bits per heavy atom. The van der Waals surface area contributed by atoms with Crippen molar-refractivity contribution in [2.24, 2.45) is 0 Å². The summed E-state index contributed by atoms with van der Waals surface area (Å²) >= 11 is 1.44. The Bertz CT molecular complexity index is 659. The highest BCUT2D eigenvalue weighted by atomic mass is 35.5. The smallest absolute Gasteiger partial charge is 0.261 e. The zero-order valence-electron chi connectivity index (χ0n) is 12.8. The molecule has 0 spiro atoms. The molecule has 0 saturated carbocycles. The van der Waals surface area contributed by atoms with Crippen molar-refractivity contribution in [1.82, 2.24) is 10.6 Å². The van der Waals surface area contributed by atoms with E-state index >= 15 is 0 Å². The number of rotatable bonds is 3. The van der Waals surface area contributed by atoms with E-state index in [2.05, 4.69) is 17.6 Å². The number of hydrogen-bond acceptors (Lipinski definition) is 3. The normalized spacial score (nSPS) is 20.6. The molecule has 6 heteroatoms. The molecule has 2 unspecified atom stereocenters. The molecule has 2 aromatic rings. The predicted molar refractivity (Wildman–Crippen MR) is 94.9 cm³/mol. The fourth-order valence-corrected chi connectivity index (χ4v) is 3.66. The summed E-state index contributed by atoms with van der Waals surface area (Å²) in [5.74, 6) is -0.268. The molecule has 3 nitrogen and oxygen atoms in total. The molecule has 2 atom stereocenters. The average molecular weight is 355 g/mol. The van der Waals surface area contributed by atoms with Crippen LogP contribution in [0.4, 0.5) is 4.39 Å². The van der Waals surface area contributed by atoms with Crippen molar-refractivity contribution in [2.75, 3.05) is 6.54 Å². The quantitative estimate of drug-likeness (QED) is 0.879. The van der Waals surface area contributed by atoms with Crippen LogP contribution in [0.2, 0.25) is 0 Å². The molecule has 124 valence electrons. The third-order valence-corrected chi connectivity index (χ3v) is 5.05. The number of hydrogen-bond donors (Lipinski definition) is 2. The SMILES string of the molecule is CC1CC(NC(=O)c2ccc(-c3ccc(F)cc3)s2)CCN1.Cl. The summed E-state index contributed by atoms with van der Waals surface area (Å²) in [5.41, 5.74) is 0.931. The second-order valence-corrected chi connectivity index (χ2v) is 6.80. The molecule has 0 bridgehead atoms. The highest BCUT2D eigenvalue weighted by Gasteiger charge is 2.21. The van der Waals surface area contributed by atoms with Crippen molar-refractivity contribution in [2.45, 2.75) is 31.8 Å². The van der Waals surface area contributed by atoms with Crippen LogP contribution in [-0.4, -0.2) is 24.5 Å². The Morgan fingerprint density at radius 3 is 2.70 bits per heavy atom. The predicted octanol–water partition coefficient (Wildman–Crippen LogP) is 3.85. The van der Waals surface area contributed by atoms with E-state index in [1.54, 1.807) is 12.1 Å². The summed E-state index contributed by atoms with van der Waals surface area (Å²) < 4.78 is 13.0. The number of carbonyl (C=O) groups excluding carboxylic acids is 1. The summed E-state index contributed by atoms with van der Waals surface area (Å²) in [6.07, 6.45) is 1.92. The van der Waals surface area contributed by atoms with E-state index < -0.39 is 0 Å². The standard InChI is InChI=1S/C17H19FN2OS.ClH/c1-11-10-14(8-9-19-11)20-17(21)16-7-6-15(22-16)12-2-4-13(18)5-3-12;/h2-7,11,14,19H,8-10H2,1H3,(H,20,21);1H. The Morgan fingerprint density at radius 1 is 1.26 bits per heavy atom. The molecule has 1 aromatic carbocycles. The molecule has 1 aliphatic rings. The van der Waals surface area contributed by atoms with Crippen LogP contribution in [0.15, 0.2) is 36.4 Å². The minimum Gasteiger partial charge on any atom is -0.349 e. The molecule has 1 saturated heterocycles. The zero-order valence-corrected chi connectivity index (χ0v) is 14.5. The lowest BCUT2D eigenvalue weighted by atomic mass is 10.0. The minimum absolute atomic E-state index is 0. The molecule has 1 amide bonds. The van der Waals surface area contributed by atoms with Crippen molar-refractivity contribution < 1.29 is 9.18 Å². The van der Waals surface area contributed by atoms with Gasteiger partial charge in [0.25, 0.3) is 5.91 Å². The van der Waals surface area contributed by atoms with Gasteiger partial charge in [-0.15, -0.1) is 23.7 Å². The second kappa shape index (κ2) is 7.90. The van der Waals surface area contributed by atoms with Crippen molar-refractivity contribution >= 4 is 29.7 Å². The first-order valence-electron chi connectivity index (χ1n) is 7.52. The van der Waals surface area contributed by atoms with Gasteiger partial charge in [-0.2, -0.15) is 0 Å². The lowest BCUT2D eigenvalue weighted by Crippen LogP contribution is -2.46. The van der Waals surface area contributed by atoms with Crippen LogP contribution in [0.25, 0.3) is 10.4 Å². The highest BCUT2D eigenvalue weighted by molar-refractivity contribution is 7.17. The van der Waals surface area contributed by atoms with E-state index in [1.165, 1.54) is 23.5 Å². The van der Waals surface area contributed by atoms with Crippen LogP contribution >= 0.6 is 23.7 Å². The summed E-state index contributed by atoms with van der Waals surface area (Å²) in [5, 5.41) is 6.49. The lowest BCUT2D eigenvalue weighted by Gasteiger charge is -2.28. The van der Waals surface area contributed by atoms with Gasteiger partial charge in [0.2, 0.25) is 0 Å². The van der Waals surface area contributed by atoms with Gasteiger partial charge in [0.05, 0.1) is 4.88 Å². The maximum absolute atomic E-state index is 13.0. The van der Waals surface area contributed by atoms with Crippen LogP contribution in [0.1, 0.15) is 29.4 Å². The van der Waals surface area contributed by atoms with Gasteiger partial charge < -0.3 is 10.6 Å². The molecule has 1 fully saturated rings. The molecule has 2 heterocycles. The van der Waals surface area contributed by atoms with Crippen molar-refractivity contribution in [3.8, 4) is 10.4 Å². The third-order valence-electron chi connectivity index (χ3n) is 3.92. The fraction of sp³-hybridized carbons (Fsp3) is 0.353. The number of thiophene rings is 1. The second-order valence-electron chi connectivity index (χ2n) is 5.72. The van der Waals surface area contributed by atoms with E-state index in [4.69, 9.17) is 0 Å². The van der Waals surface area contributed by atoms with Crippen LogP contribution in [0.3, 0.4) is 0 Å². The van der Waals surface area contributed by atoms with Crippen LogP contribution in [-0.2, 0) is 0 Å². The minimum atomic E-state index is -0.252. The van der Waals surface area contributed by atoms with Gasteiger partial charge in [-0.3, -0.25) is 4.79 Å². The number of benzene rings is 1. The van der Waals surface area contributed by atoms with Gasteiger partial charge >= 0.3 is 0 Å². The van der Waals surface area contributed by atoms with Gasteiger partial charge in [0.1, 0.15) is 5.82 Å². The monoisotopic (exact) mass is 354 g/mol. The van der Waals surface area contributed by atoms with Gasteiger partial charge in [-0.05, 0) is 56.1 Å². The lowest BCUT2D eigenvalue weighted by molar-refractivity contribution is 0.0930. The first kappa shape index (κ1) is 17.9. The Kier molecular flexibility index (Phi) is 6.16. The number of nitrogens with one attached hydrogen (secondary N) is 2. The zero-order chi connectivity index (χ0) is 15.5. The molecular weight excluding hydrogens is 335 g/mol. The third kappa shape index (κ3) is 4.53. The van der Waals surface area contributed by atoms with Crippen LogP contribution < -0.4 is 10.6 Å². The van der Waals surface area contributed by atoms with Gasteiger partial charge in [-0.25, -0.2) is 4.39 Å². The Labute approximate surface area is 145 Å². The van der Waals surface area contributed by atoms with E-state index in [0.717, 1.165) is 29.8 Å². The van der Waals surface area contributed by atoms with E-state index in [0.29, 0.717) is 10.9 Å². The first-order chi connectivity index (χ1) is 10.6. The Balaban J connectivity index is 0.00000192. The largest absolute Gasteiger partial charge is 0.349 e. The number of carbonyl (C=O) groups is 1. The molecular formula is C17H20ClFN2OS. The molecule has 0 radical (unpaired) electrons. The van der Waals surface area contributed by atoms with Crippen molar-refractivity contribution in [1.29, 1.82) is 0 Å². The molecule has 0 aliphatic carbocycles. The van der Waals surface area contributed by atoms with E-state index in [-0.39, 0.29) is 30.2 Å². The molecule has 23 heavy (non-hydrogen) atoms. The topological polar surface area (TPSA) is 41.1 Å². The summed E-state index contributed by atoms with van der Waals surface area (Å²) in [7, 11) is 0. The highest BCUT2D eigenvalue weighted by Crippen LogP contribution is 2.28.